The number of allylic oxidation sites excluding steroid dienone is 1. The summed E-state index contributed by atoms with van der Waals surface area (Å²) < 4.78 is 0. The van der Waals surface area contributed by atoms with Crippen LogP contribution in [0.5, 0.6) is 0 Å². The van der Waals surface area contributed by atoms with E-state index in [9.17, 15) is 0 Å². The molecule has 0 aromatic heterocycles. The lowest BCUT2D eigenvalue weighted by atomic mass is 10.6. The zero-order valence-electron chi connectivity index (χ0n) is 4.65. The summed E-state index contributed by atoms with van der Waals surface area (Å²) in [6.07, 6.45) is 3.82. The van der Waals surface area contributed by atoms with E-state index in [1.54, 1.807) is 0 Å². The molecule has 0 aliphatic carbocycles. The number of nitrogens with two attached hydrogens (primary N) is 1. The molecule has 0 saturated carbocycles. The lowest BCUT2D eigenvalue weighted by Gasteiger charge is -1.91. The van der Waals surface area contributed by atoms with Crippen LogP contribution >= 0.6 is 0 Å². The topological polar surface area (TPSA) is 38.0 Å². The Kier molecular flexibility index (Phi) is 5.11. The molecule has 3 N–H and O–H groups in total. The van der Waals surface area contributed by atoms with Gasteiger partial charge in [-0.1, -0.05) is 6.08 Å². The van der Waals surface area contributed by atoms with Crippen LogP contribution in [-0.4, -0.2) is 13.1 Å². The van der Waals surface area contributed by atoms with Crippen molar-refractivity contribution in [2.24, 2.45) is 5.73 Å². The van der Waals surface area contributed by atoms with Crippen LogP contribution in [0.2, 0.25) is 0 Å². The average molecular weight is 100 g/mol. The second-order valence-electron chi connectivity index (χ2n) is 1.24. The standard InChI is InChI=1S/C5H12N2/c1-2-4-7-5-3-6/h2,4,7H,3,5-6H2,1H3/b4-2-. The number of nitrogens with one attached hydrogen (secondary N) is 1. The van der Waals surface area contributed by atoms with Crippen molar-refractivity contribution in [2.45, 2.75) is 6.92 Å². The van der Waals surface area contributed by atoms with Gasteiger partial charge < -0.3 is 11.1 Å². The molecule has 0 fully saturated rings. The van der Waals surface area contributed by atoms with E-state index in [4.69, 9.17) is 5.73 Å². The van der Waals surface area contributed by atoms with Crippen molar-refractivity contribution in [2.75, 3.05) is 13.1 Å². The summed E-state index contributed by atoms with van der Waals surface area (Å²) in [6.45, 7) is 3.53. The SMILES string of the molecule is C/C=C\NCCN. The number of hydrogen-bond donors (Lipinski definition) is 2. The molecular formula is C5H12N2. The monoisotopic (exact) mass is 100 g/mol. The van der Waals surface area contributed by atoms with Crippen LogP contribution in [0.3, 0.4) is 0 Å². The third-order valence-corrected chi connectivity index (χ3v) is 0.573. The molecule has 0 heterocycles. The molecule has 7 heavy (non-hydrogen) atoms. The maximum absolute atomic E-state index is 5.17. The maximum atomic E-state index is 5.17. The number of rotatable bonds is 3. The summed E-state index contributed by atoms with van der Waals surface area (Å²) in [5.74, 6) is 0. The molecule has 0 amide bonds. The van der Waals surface area contributed by atoms with Crippen molar-refractivity contribution in [3.8, 4) is 0 Å². The minimum atomic E-state index is 0.699. The normalized spacial score (nSPS) is 10.0. The summed E-state index contributed by atoms with van der Waals surface area (Å²) in [5, 5.41) is 2.98. The van der Waals surface area contributed by atoms with Gasteiger partial charge in [-0.15, -0.1) is 0 Å². The zero-order chi connectivity index (χ0) is 5.54. The highest BCUT2D eigenvalue weighted by atomic mass is 14.8. The Hall–Kier alpha value is -0.500. The van der Waals surface area contributed by atoms with Gasteiger partial charge in [0.1, 0.15) is 0 Å². The van der Waals surface area contributed by atoms with Gasteiger partial charge in [0.05, 0.1) is 0 Å². The van der Waals surface area contributed by atoms with E-state index in [0.29, 0.717) is 6.54 Å². The molecule has 0 unspecified atom stereocenters. The molecular weight excluding hydrogens is 88.1 g/mol. The molecule has 0 aliphatic rings. The Bertz CT molecular complexity index is 50.0. The second kappa shape index (κ2) is 5.50. The Morgan fingerprint density at radius 3 is 2.86 bits per heavy atom. The largest absolute Gasteiger partial charge is 0.390 e. The highest BCUT2D eigenvalue weighted by molar-refractivity contribution is 4.73. The lowest BCUT2D eigenvalue weighted by molar-refractivity contribution is 0.841. The summed E-state index contributed by atoms with van der Waals surface area (Å²) in [6, 6.07) is 0. The fourth-order valence-corrected chi connectivity index (χ4v) is 0.285. The minimum absolute atomic E-state index is 0.699. The molecule has 42 valence electrons. The van der Waals surface area contributed by atoms with Gasteiger partial charge in [0.25, 0.3) is 0 Å². The third kappa shape index (κ3) is 5.50. The minimum Gasteiger partial charge on any atom is -0.390 e. The van der Waals surface area contributed by atoms with Crippen LogP contribution in [-0.2, 0) is 0 Å². The predicted octanol–water partition coefficient (Wildman–Crippen LogP) is 0.0683. The lowest BCUT2D eigenvalue weighted by Crippen LogP contribution is -2.16. The van der Waals surface area contributed by atoms with Crippen LogP contribution in [0.4, 0.5) is 0 Å². The van der Waals surface area contributed by atoms with Gasteiger partial charge >= 0.3 is 0 Å². The molecule has 2 nitrogen and oxygen atoms in total. The molecule has 0 spiro atoms. The van der Waals surface area contributed by atoms with Crippen molar-refractivity contribution >= 4 is 0 Å². The fourth-order valence-electron chi connectivity index (χ4n) is 0.285. The highest BCUT2D eigenvalue weighted by Crippen LogP contribution is 1.58. The van der Waals surface area contributed by atoms with Gasteiger partial charge in [-0.3, -0.25) is 0 Å². The van der Waals surface area contributed by atoms with E-state index < -0.39 is 0 Å². The first kappa shape index (κ1) is 6.50. The van der Waals surface area contributed by atoms with Crippen LogP contribution in [0, 0.1) is 0 Å². The first-order valence-electron chi connectivity index (χ1n) is 2.46. The van der Waals surface area contributed by atoms with E-state index in [-0.39, 0.29) is 0 Å². The van der Waals surface area contributed by atoms with Crippen molar-refractivity contribution < 1.29 is 0 Å². The summed E-state index contributed by atoms with van der Waals surface area (Å²) in [5.41, 5.74) is 5.17. The summed E-state index contributed by atoms with van der Waals surface area (Å²) in [4.78, 5) is 0. The van der Waals surface area contributed by atoms with Gasteiger partial charge in [-0.2, -0.15) is 0 Å². The van der Waals surface area contributed by atoms with Crippen molar-refractivity contribution in [3.05, 3.63) is 12.3 Å². The molecule has 0 radical (unpaired) electrons. The Morgan fingerprint density at radius 2 is 2.43 bits per heavy atom. The van der Waals surface area contributed by atoms with Gasteiger partial charge in [0.15, 0.2) is 0 Å². The van der Waals surface area contributed by atoms with E-state index in [1.165, 1.54) is 0 Å². The van der Waals surface area contributed by atoms with Crippen LogP contribution in [0.15, 0.2) is 12.3 Å². The van der Waals surface area contributed by atoms with Crippen molar-refractivity contribution in [1.82, 2.24) is 5.32 Å². The molecule has 0 atom stereocenters. The smallest absolute Gasteiger partial charge is 0.0264 e. The Balaban J connectivity index is 2.69. The molecule has 0 aromatic rings. The van der Waals surface area contributed by atoms with Crippen LogP contribution in [0.25, 0.3) is 0 Å². The summed E-state index contributed by atoms with van der Waals surface area (Å²) in [7, 11) is 0. The van der Waals surface area contributed by atoms with E-state index in [0.717, 1.165) is 6.54 Å². The van der Waals surface area contributed by atoms with Crippen molar-refractivity contribution in [3.63, 3.8) is 0 Å². The van der Waals surface area contributed by atoms with E-state index in [2.05, 4.69) is 5.32 Å². The molecule has 0 saturated heterocycles. The van der Waals surface area contributed by atoms with Gasteiger partial charge in [-0.25, -0.2) is 0 Å². The molecule has 0 aliphatic heterocycles. The first-order valence-corrected chi connectivity index (χ1v) is 2.46. The Morgan fingerprint density at radius 1 is 1.71 bits per heavy atom. The van der Waals surface area contributed by atoms with E-state index >= 15 is 0 Å². The second-order valence-corrected chi connectivity index (χ2v) is 1.24. The fraction of sp³-hybridized carbons (Fsp3) is 0.600. The Labute approximate surface area is 44.4 Å². The van der Waals surface area contributed by atoms with Gasteiger partial charge in [0, 0.05) is 13.1 Å². The average Bonchev–Trinajstić information content (AvgIpc) is 1.69. The summed E-state index contributed by atoms with van der Waals surface area (Å²) >= 11 is 0. The van der Waals surface area contributed by atoms with Gasteiger partial charge in [0.2, 0.25) is 0 Å². The quantitative estimate of drug-likeness (QED) is 0.492. The van der Waals surface area contributed by atoms with E-state index in [1.807, 2.05) is 19.2 Å². The number of hydrogen-bond acceptors (Lipinski definition) is 2. The molecule has 0 bridgehead atoms. The third-order valence-electron chi connectivity index (χ3n) is 0.573. The molecule has 0 aromatic carbocycles. The highest BCUT2D eigenvalue weighted by Gasteiger charge is 1.68. The first-order chi connectivity index (χ1) is 3.41. The van der Waals surface area contributed by atoms with Crippen LogP contribution in [0.1, 0.15) is 6.92 Å². The molecule has 2 heteroatoms. The van der Waals surface area contributed by atoms with Crippen molar-refractivity contribution in [1.29, 1.82) is 0 Å². The van der Waals surface area contributed by atoms with Crippen LogP contribution < -0.4 is 11.1 Å². The zero-order valence-corrected chi connectivity index (χ0v) is 4.65. The molecule has 0 rings (SSSR count). The van der Waals surface area contributed by atoms with Gasteiger partial charge in [-0.05, 0) is 13.1 Å². The maximum Gasteiger partial charge on any atom is 0.0264 e. The predicted molar refractivity (Wildman–Crippen MR) is 31.9 cm³/mol.